The fraction of sp³-hybridized carbons (Fsp3) is 0.265. The average molecular weight is 608 g/mol. The lowest BCUT2D eigenvalue weighted by atomic mass is 10.0. The van der Waals surface area contributed by atoms with Gasteiger partial charge in [-0.1, -0.05) is 6.07 Å². The van der Waals surface area contributed by atoms with Gasteiger partial charge in [-0.25, -0.2) is 28.5 Å². The molecule has 1 aliphatic heterocycles. The molecule has 0 atom stereocenters. The van der Waals surface area contributed by atoms with E-state index < -0.39 is 11.6 Å². The van der Waals surface area contributed by atoms with Crippen molar-refractivity contribution >= 4 is 28.1 Å². The predicted molar refractivity (Wildman–Crippen MR) is 167 cm³/mol. The van der Waals surface area contributed by atoms with Gasteiger partial charge in [0.2, 0.25) is 0 Å². The van der Waals surface area contributed by atoms with Gasteiger partial charge >= 0.3 is 5.69 Å². The maximum Gasteiger partial charge on any atom is 0.335 e. The topological polar surface area (TPSA) is 90.8 Å². The molecule has 0 saturated heterocycles. The number of nitrogens with zero attached hydrogens (tertiary/aromatic N) is 7. The summed E-state index contributed by atoms with van der Waals surface area (Å²) in [6, 6.07) is 14.3. The number of carbonyl (C=O) groups excluding carboxylic acids is 1. The van der Waals surface area contributed by atoms with Gasteiger partial charge in [-0.15, -0.1) is 0 Å². The van der Waals surface area contributed by atoms with Crippen molar-refractivity contribution in [3.63, 3.8) is 0 Å². The summed E-state index contributed by atoms with van der Waals surface area (Å²) in [5.74, 6) is -0.824. The van der Waals surface area contributed by atoms with Crippen LogP contribution >= 0.6 is 0 Å². The Bertz CT molecular complexity index is 2200. The molecule has 2 aromatic carbocycles. The number of carbonyl (C=O) groups is 1. The van der Waals surface area contributed by atoms with Gasteiger partial charge in [0.25, 0.3) is 5.91 Å². The van der Waals surface area contributed by atoms with Crippen LogP contribution in [-0.2, 0) is 19.5 Å². The first-order valence-electron chi connectivity index (χ1n) is 14.9. The SMILES string of the molecule is Cc1nc(C)c2c(n1)n(C(C)C)c(=O)n2-c1ccc(C(=O)N2CCc3c(n(Cc4ccc(F)cc4F)c4ncccc34)C2)cc1. The second-order valence-electron chi connectivity index (χ2n) is 11.8. The van der Waals surface area contributed by atoms with Crippen LogP contribution in [-0.4, -0.2) is 46.0 Å². The van der Waals surface area contributed by atoms with E-state index >= 15 is 0 Å². The van der Waals surface area contributed by atoms with E-state index in [1.807, 2.05) is 37.5 Å². The number of amides is 1. The summed E-state index contributed by atoms with van der Waals surface area (Å²) in [6.07, 6.45) is 2.30. The number of hydrogen-bond acceptors (Lipinski definition) is 5. The maximum atomic E-state index is 14.7. The lowest BCUT2D eigenvalue weighted by Crippen LogP contribution is -2.36. The maximum absolute atomic E-state index is 14.7. The third-order valence-electron chi connectivity index (χ3n) is 8.53. The van der Waals surface area contributed by atoms with E-state index in [1.54, 1.807) is 51.4 Å². The Kier molecular flexibility index (Phi) is 6.83. The summed E-state index contributed by atoms with van der Waals surface area (Å²) >= 11 is 0. The highest BCUT2D eigenvalue weighted by molar-refractivity contribution is 5.95. The van der Waals surface area contributed by atoms with Crippen molar-refractivity contribution < 1.29 is 13.6 Å². The third-order valence-corrected chi connectivity index (χ3v) is 8.53. The number of fused-ring (bicyclic) bond motifs is 4. The molecule has 0 bridgehead atoms. The van der Waals surface area contributed by atoms with Crippen LogP contribution in [0.4, 0.5) is 8.78 Å². The Labute approximate surface area is 257 Å². The molecule has 0 fully saturated rings. The molecule has 0 N–H and O–H groups in total. The first kappa shape index (κ1) is 28.6. The minimum atomic E-state index is -0.634. The number of rotatable bonds is 5. The average Bonchev–Trinajstić information content (AvgIpc) is 3.49. The van der Waals surface area contributed by atoms with Gasteiger partial charge in [-0.2, -0.15) is 0 Å². The second kappa shape index (κ2) is 10.8. The van der Waals surface area contributed by atoms with E-state index in [1.165, 1.54) is 12.1 Å². The Morgan fingerprint density at radius 2 is 1.78 bits per heavy atom. The smallest absolute Gasteiger partial charge is 0.332 e. The highest BCUT2D eigenvalue weighted by Crippen LogP contribution is 2.32. The van der Waals surface area contributed by atoms with E-state index in [9.17, 15) is 18.4 Å². The molecule has 9 nitrogen and oxygen atoms in total. The number of pyridine rings is 1. The molecule has 0 saturated carbocycles. The van der Waals surface area contributed by atoms with E-state index in [2.05, 4.69) is 15.0 Å². The molecule has 11 heteroatoms. The molecule has 6 aromatic rings. The molecule has 0 radical (unpaired) electrons. The van der Waals surface area contributed by atoms with Crippen molar-refractivity contribution in [2.24, 2.45) is 0 Å². The molecule has 4 aromatic heterocycles. The largest absolute Gasteiger partial charge is 0.335 e. The van der Waals surface area contributed by atoms with Crippen molar-refractivity contribution in [3.05, 3.63) is 117 Å². The molecule has 0 aliphatic carbocycles. The Morgan fingerprint density at radius 3 is 2.51 bits per heavy atom. The molecular weight excluding hydrogens is 576 g/mol. The van der Waals surface area contributed by atoms with Crippen molar-refractivity contribution in [2.75, 3.05) is 6.54 Å². The highest BCUT2D eigenvalue weighted by atomic mass is 19.1. The summed E-state index contributed by atoms with van der Waals surface area (Å²) in [4.78, 5) is 42.8. The van der Waals surface area contributed by atoms with Crippen molar-refractivity contribution in [1.82, 2.24) is 33.6 Å². The number of aromatic nitrogens is 6. The molecule has 0 unspecified atom stereocenters. The molecule has 1 aliphatic rings. The zero-order chi connectivity index (χ0) is 31.6. The number of aryl methyl sites for hydroxylation is 2. The van der Waals surface area contributed by atoms with E-state index in [-0.39, 0.29) is 24.2 Å². The summed E-state index contributed by atoms with van der Waals surface area (Å²) < 4.78 is 33.5. The zero-order valence-electron chi connectivity index (χ0n) is 25.4. The lowest BCUT2D eigenvalue weighted by Gasteiger charge is -2.29. The van der Waals surface area contributed by atoms with Crippen LogP contribution in [0.1, 0.15) is 58.6 Å². The molecule has 0 spiro atoms. The molecule has 7 rings (SSSR count). The fourth-order valence-electron chi connectivity index (χ4n) is 6.48. The number of benzene rings is 2. The summed E-state index contributed by atoms with van der Waals surface area (Å²) in [5.41, 5.74) is 5.79. The van der Waals surface area contributed by atoms with Crippen LogP contribution in [0.2, 0.25) is 0 Å². The fourth-order valence-corrected chi connectivity index (χ4v) is 6.48. The quantitative estimate of drug-likeness (QED) is 0.253. The van der Waals surface area contributed by atoms with Gasteiger partial charge in [0, 0.05) is 47.1 Å². The van der Waals surface area contributed by atoms with Crippen LogP contribution in [0.5, 0.6) is 0 Å². The summed E-state index contributed by atoms with van der Waals surface area (Å²) in [7, 11) is 0. The minimum Gasteiger partial charge on any atom is -0.332 e. The van der Waals surface area contributed by atoms with E-state index in [0.717, 1.165) is 22.7 Å². The monoisotopic (exact) mass is 607 g/mol. The van der Waals surface area contributed by atoms with E-state index in [4.69, 9.17) is 0 Å². The molecule has 5 heterocycles. The van der Waals surface area contributed by atoms with Crippen LogP contribution in [0.3, 0.4) is 0 Å². The Hall–Kier alpha value is -5.19. The number of hydrogen-bond donors (Lipinski definition) is 0. The van der Waals surface area contributed by atoms with Crippen LogP contribution in [0.15, 0.2) is 65.6 Å². The highest BCUT2D eigenvalue weighted by Gasteiger charge is 2.28. The summed E-state index contributed by atoms with van der Waals surface area (Å²) in [5, 5.41) is 0.965. The number of imidazole rings is 1. The van der Waals surface area contributed by atoms with Gasteiger partial charge in [-0.05, 0) is 82.1 Å². The normalized spacial score (nSPS) is 13.3. The zero-order valence-corrected chi connectivity index (χ0v) is 25.4. The van der Waals surface area contributed by atoms with Crippen molar-refractivity contribution in [3.8, 4) is 5.69 Å². The van der Waals surface area contributed by atoms with Crippen molar-refractivity contribution in [1.29, 1.82) is 0 Å². The van der Waals surface area contributed by atoms with Crippen LogP contribution in [0, 0.1) is 25.5 Å². The van der Waals surface area contributed by atoms with Crippen molar-refractivity contribution in [2.45, 2.75) is 53.2 Å². The third kappa shape index (κ3) is 4.70. The van der Waals surface area contributed by atoms with Gasteiger partial charge in [0.15, 0.2) is 5.65 Å². The summed E-state index contributed by atoms with van der Waals surface area (Å²) in [6.45, 7) is 8.52. The van der Waals surface area contributed by atoms with E-state index in [0.29, 0.717) is 64.7 Å². The molecule has 228 valence electrons. The predicted octanol–water partition coefficient (Wildman–Crippen LogP) is 5.65. The Morgan fingerprint density at radius 1 is 1.00 bits per heavy atom. The molecule has 1 amide bonds. The van der Waals surface area contributed by atoms with Crippen LogP contribution in [0.25, 0.3) is 27.9 Å². The first-order valence-corrected chi connectivity index (χ1v) is 14.9. The van der Waals surface area contributed by atoms with Crippen LogP contribution < -0.4 is 5.69 Å². The first-order chi connectivity index (χ1) is 21.6. The Balaban J connectivity index is 1.22. The molecule has 45 heavy (non-hydrogen) atoms. The van der Waals surface area contributed by atoms with Gasteiger partial charge in [0.1, 0.15) is 28.6 Å². The van der Waals surface area contributed by atoms with Gasteiger partial charge in [0.05, 0.1) is 24.5 Å². The number of halogens is 2. The standard InChI is InChI=1S/C34H31F2N7O2/c1-19(2)42-32-30(20(3)38-21(4)39-32)43(34(42)45)25-11-8-22(9-12-25)33(44)40-15-13-26-27-6-5-14-37-31(27)41(29(26)18-40)17-23-7-10-24(35)16-28(23)36/h5-12,14,16,19H,13,15,17-18H2,1-4H3. The van der Waals surface area contributed by atoms with Gasteiger partial charge in [-0.3, -0.25) is 13.9 Å². The second-order valence-corrected chi connectivity index (χ2v) is 11.8. The van der Waals surface area contributed by atoms with Gasteiger partial charge < -0.3 is 9.47 Å². The minimum absolute atomic E-state index is 0.106. The lowest BCUT2D eigenvalue weighted by molar-refractivity contribution is 0.0730. The molecular formula is C34H31F2N7O2.